The predicted octanol–water partition coefficient (Wildman–Crippen LogP) is 2.96. The number of nitrogens with zero attached hydrogens (tertiary/aromatic N) is 2. The number of imidazole rings is 1. The van der Waals surface area contributed by atoms with Gasteiger partial charge in [0.05, 0.1) is 11.0 Å². The van der Waals surface area contributed by atoms with E-state index in [4.69, 9.17) is 5.73 Å². The molecule has 108 valence electrons. The molecule has 0 aliphatic carbocycles. The van der Waals surface area contributed by atoms with Crippen molar-refractivity contribution < 1.29 is 4.39 Å². The summed E-state index contributed by atoms with van der Waals surface area (Å²) in [4.78, 5) is 9.88. The van der Waals surface area contributed by atoms with Crippen LogP contribution in [0, 0.1) is 5.82 Å². The molecule has 4 nitrogen and oxygen atoms in total. The molecule has 0 spiro atoms. The molecule has 0 saturated heterocycles. The summed E-state index contributed by atoms with van der Waals surface area (Å²) in [6, 6.07) is 12.1. The zero-order chi connectivity index (χ0) is 14.8. The number of fused-ring (bicyclic) bond motifs is 1. The van der Waals surface area contributed by atoms with E-state index in [1.54, 1.807) is 12.1 Å². The van der Waals surface area contributed by atoms with E-state index < -0.39 is 0 Å². The molecule has 0 radical (unpaired) electrons. The topological polar surface area (TPSA) is 57.9 Å². The second-order valence-electron chi connectivity index (χ2n) is 5.11. The third-order valence-electron chi connectivity index (χ3n) is 3.51. The maximum absolute atomic E-state index is 12.9. The molecule has 1 heterocycles. The number of halogens is 1. The van der Waals surface area contributed by atoms with Crippen LogP contribution in [-0.4, -0.2) is 23.6 Å². The molecular weight excluding hydrogens is 267 g/mol. The number of rotatable bonds is 4. The second kappa shape index (κ2) is 5.44. The smallest absolute Gasteiger partial charge is 0.123 e. The lowest BCUT2D eigenvalue weighted by Gasteiger charge is -2.18. The molecule has 2 aromatic carbocycles. The molecule has 0 unspecified atom stereocenters. The van der Waals surface area contributed by atoms with E-state index in [-0.39, 0.29) is 5.82 Å². The number of aromatic nitrogens is 2. The molecule has 0 fully saturated rings. The highest BCUT2D eigenvalue weighted by Gasteiger charge is 2.06. The molecule has 3 rings (SSSR count). The number of anilines is 2. The number of hydrogen-bond donors (Lipinski definition) is 2. The molecule has 21 heavy (non-hydrogen) atoms. The fourth-order valence-corrected chi connectivity index (χ4v) is 2.30. The second-order valence-corrected chi connectivity index (χ2v) is 5.11. The van der Waals surface area contributed by atoms with Crippen LogP contribution in [0.5, 0.6) is 0 Å². The van der Waals surface area contributed by atoms with Crippen LogP contribution in [0.3, 0.4) is 0 Å². The minimum atomic E-state index is -0.220. The fraction of sp³-hybridized carbons (Fsp3) is 0.188. The Morgan fingerprint density at radius 3 is 2.71 bits per heavy atom. The van der Waals surface area contributed by atoms with Gasteiger partial charge in [-0.25, -0.2) is 9.37 Å². The first-order valence-corrected chi connectivity index (χ1v) is 6.82. The first-order valence-electron chi connectivity index (χ1n) is 6.82. The van der Waals surface area contributed by atoms with E-state index in [1.807, 2.05) is 25.2 Å². The summed E-state index contributed by atoms with van der Waals surface area (Å²) in [6.07, 6.45) is 0.780. The normalized spacial score (nSPS) is 11.0. The van der Waals surface area contributed by atoms with Gasteiger partial charge in [0.25, 0.3) is 0 Å². The molecule has 0 aliphatic heterocycles. The summed E-state index contributed by atoms with van der Waals surface area (Å²) < 4.78 is 12.9. The highest BCUT2D eigenvalue weighted by molar-refractivity contribution is 5.78. The van der Waals surface area contributed by atoms with Crippen molar-refractivity contribution in [2.45, 2.75) is 6.42 Å². The van der Waals surface area contributed by atoms with Crippen molar-refractivity contribution in [2.24, 2.45) is 0 Å². The van der Waals surface area contributed by atoms with Crippen molar-refractivity contribution in [3.63, 3.8) is 0 Å². The van der Waals surface area contributed by atoms with E-state index >= 15 is 0 Å². The van der Waals surface area contributed by atoms with Gasteiger partial charge in [-0.15, -0.1) is 0 Å². The monoisotopic (exact) mass is 284 g/mol. The van der Waals surface area contributed by atoms with Crippen LogP contribution in [0.25, 0.3) is 11.0 Å². The molecule has 3 N–H and O–H groups in total. The van der Waals surface area contributed by atoms with Crippen molar-refractivity contribution in [1.29, 1.82) is 0 Å². The van der Waals surface area contributed by atoms with E-state index in [9.17, 15) is 4.39 Å². The number of aromatic amines is 1. The van der Waals surface area contributed by atoms with Crippen LogP contribution < -0.4 is 10.6 Å². The third kappa shape index (κ3) is 2.97. The zero-order valence-corrected chi connectivity index (χ0v) is 11.8. The minimum absolute atomic E-state index is 0.220. The number of likely N-dealkylation sites (N-methyl/N-ethyl adjacent to an activating group) is 1. The molecule has 0 atom stereocenters. The first-order chi connectivity index (χ1) is 10.1. The molecule has 3 aromatic rings. The largest absolute Gasteiger partial charge is 0.399 e. The molecule has 0 amide bonds. The van der Waals surface area contributed by atoms with Gasteiger partial charge in [0.1, 0.15) is 11.6 Å². The minimum Gasteiger partial charge on any atom is -0.399 e. The summed E-state index contributed by atoms with van der Waals surface area (Å²) in [6.45, 7) is 0.793. The van der Waals surface area contributed by atoms with Gasteiger partial charge in [-0.2, -0.15) is 0 Å². The third-order valence-corrected chi connectivity index (χ3v) is 3.51. The zero-order valence-electron chi connectivity index (χ0n) is 11.8. The molecule has 0 saturated carbocycles. The van der Waals surface area contributed by atoms with Gasteiger partial charge in [0.2, 0.25) is 0 Å². The summed E-state index contributed by atoms with van der Waals surface area (Å²) >= 11 is 0. The number of hydrogen-bond acceptors (Lipinski definition) is 3. The highest BCUT2D eigenvalue weighted by atomic mass is 19.1. The highest BCUT2D eigenvalue weighted by Crippen LogP contribution is 2.16. The Morgan fingerprint density at radius 2 is 1.95 bits per heavy atom. The average molecular weight is 284 g/mol. The maximum Gasteiger partial charge on any atom is 0.123 e. The fourth-order valence-electron chi connectivity index (χ4n) is 2.30. The van der Waals surface area contributed by atoms with Crippen molar-refractivity contribution in [2.75, 3.05) is 24.2 Å². The SMILES string of the molecule is CN(CCc1nc2ccc(N)cc2[nH]1)c1ccc(F)cc1. The Bertz CT molecular complexity index is 749. The van der Waals surface area contributed by atoms with Crippen LogP contribution in [-0.2, 0) is 6.42 Å². The van der Waals surface area contributed by atoms with E-state index in [2.05, 4.69) is 14.9 Å². The Morgan fingerprint density at radius 1 is 1.19 bits per heavy atom. The van der Waals surface area contributed by atoms with Crippen LogP contribution >= 0.6 is 0 Å². The lowest BCUT2D eigenvalue weighted by Crippen LogP contribution is -2.20. The van der Waals surface area contributed by atoms with Gasteiger partial charge in [-0.1, -0.05) is 0 Å². The van der Waals surface area contributed by atoms with E-state index in [1.165, 1.54) is 12.1 Å². The molecule has 0 bridgehead atoms. The van der Waals surface area contributed by atoms with Gasteiger partial charge >= 0.3 is 0 Å². The Balaban J connectivity index is 1.69. The van der Waals surface area contributed by atoms with Gasteiger partial charge in [-0.05, 0) is 42.5 Å². The van der Waals surface area contributed by atoms with Gasteiger partial charge in [0.15, 0.2) is 0 Å². The summed E-state index contributed by atoms with van der Waals surface area (Å²) in [5.74, 6) is 0.701. The van der Waals surface area contributed by atoms with Gasteiger partial charge < -0.3 is 15.6 Å². The quantitative estimate of drug-likeness (QED) is 0.724. The van der Waals surface area contributed by atoms with Crippen molar-refractivity contribution in [3.05, 3.63) is 54.1 Å². The van der Waals surface area contributed by atoms with Crippen LogP contribution in [0.4, 0.5) is 15.8 Å². The van der Waals surface area contributed by atoms with E-state index in [0.29, 0.717) is 0 Å². The molecule has 5 heteroatoms. The molecular formula is C16H17FN4. The number of nitrogen functional groups attached to an aromatic ring is 1. The number of nitrogens with two attached hydrogens (primary N) is 1. The van der Waals surface area contributed by atoms with E-state index in [0.717, 1.165) is 41.2 Å². The Hall–Kier alpha value is -2.56. The van der Waals surface area contributed by atoms with Gasteiger partial charge in [-0.3, -0.25) is 0 Å². The molecule has 0 aliphatic rings. The van der Waals surface area contributed by atoms with Gasteiger partial charge in [0, 0.05) is 31.4 Å². The summed E-state index contributed by atoms with van der Waals surface area (Å²) in [5.41, 5.74) is 9.34. The predicted molar refractivity (Wildman–Crippen MR) is 83.9 cm³/mol. The summed E-state index contributed by atoms with van der Waals surface area (Å²) in [5, 5.41) is 0. The lowest BCUT2D eigenvalue weighted by atomic mass is 10.2. The van der Waals surface area contributed by atoms with Crippen LogP contribution in [0.2, 0.25) is 0 Å². The van der Waals surface area contributed by atoms with Crippen molar-refractivity contribution >= 4 is 22.4 Å². The number of nitrogens with one attached hydrogen (secondary N) is 1. The summed E-state index contributed by atoms with van der Waals surface area (Å²) in [7, 11) is 1.98. The average Bonchev–Trinajstić information content (AvgIpc) is 2.87. The van der Waals surface area contributed by atoms with Crippen LogP contribution in [0.15, 0.2) is 42.5 Å². The van der Waals surface area contributed by atoms with Crippen molar-refractivity contribution in [3.8, 4) is 0 Å². The number of benzene rings is 2. The van der Waals surface area contributed by atoms with Crippen LogP contribution in [0.1, 0.15) is 5.82 Å². The number of H-pyrrole nitrogens is 1. The first kappa shape index (κ1) is 13.4. The lowest BCUT2D eigenvalue weighted by molar-refractivity contribution is 0.627. The maximum atomic E-state index is 12.9. The molecule has 1 aromatic heterocycles. The Kier molecular flexibility index (Phi) is 3.48. The Labute approximate surface area is 122 Å². The van der Waals surface area contributed by atoms with Crippen molar-refractivity contribution in [1.82, 2.24) is 9.97 Å². The standard InChI is InChI=1S/C16H17FN4/c1-21(13-5-2-11(17)3-6-13)9-8-16-19-14-7-4-12(18)10-15(14)20-16/h2-7,10H,8-9,18H2,1H3,(H,19,20).